The van der Waals surface area contributed by atoms with Crippen LogP contribution in [0.25, 0.3) is 0 Å². The van der Waals surface area contributed by atoms with Gasteiger partial charge in [0, 0.05) is 5.56 Å². The third-order valence-electron chi connectivity index (χ3n) is 4.15. The summed E-state index contributed by atoms with van der Waals surface area (Å²) in [6, 6.07) is 3.52. The third-order valence-corrected chi connectivity index (χ3v) is 4.15. The molecule has 0 radical (unpaired) electrons. The summed E-state index contributed by atoms with van der Waals surface area (Å²) in [7, 11) is 0. The average Bonchev–Trinajstić information content (AvgIpc) is 2.50. The first-order chi connectivity index (χ1) is 11.8. The van der Waals surface area contributed by atoms with E-state index in [4.69, 9.17) is 4.74 Å². The summed E-state index contributed by atoms with van der Waals surface area (Å²) in [6.45, 7) is 7.66. The van der Waals surface area contributed by atoms with Gasteiger partial charge in [0.2, 0.25) is 5.91 Å². The maximum absolute atomic E-state index is 13.5. The Balaban J connectivity index is 2.23. The quantitative estimate of drug-likeness (QED) is 0.655. The van der Waals surface area contributed by atoms with E-state index in [9.17, 15) is 23.6 Å². The Morgan fingerprint density at radius 3 is 2.42 bits per heavy atom. The number of nitrogens with one attached hydrogen (secondary N) is 1. The number of halogens is 1. The highest BCUT2D eigenvalue weighted by atomic mass is 19.1. The van der Waals surface area contributed by atoms with Crippen LogP contribution in [0.4, 0.5) is 4.39 Å². The van der Waals surface area contributed by atoms with Gasteiger partial charge < -0.3 is 10.1 Å². The van der Waals surface area contributed by atoms with Crippen molar-refractivity contribution < 1.29 is 28.3 Å². The monoisotopic (exact) mass is 363 g/mol. The molecule has 26 heavy (non-hydrogen) atoms. The number of esters is 1. The largest absolute Gasteiger partial charge is 0.459 e. The van der Waals surface area contributed by atoms with Crippen LogP contribution < -0.4 is 5.32 Å². The molecule has 0 aliphatic heterocycles. The molecule has 0 heterocycles. The van der Waals surface area contributed by atoms with Gasteiger partial charge in [-0.1, -0.05) is 0 Å². The highest BCUT2D eigenvalue weighted by Crippen LogP contribution is 2.37. The third kappa shape index (κ3) is 3.81. The van der Waals surface area contributed by atoms with Gasteiger partial charge in [-0.2, -0.15) is 0 Å². The molecule has 1 aromatic rings. The Morgan fingerprint density at radius 2 is 1.85 bits per heavy atom. The highest BCUT2D eigenvalue weighted by molar-refractivity contribution is 6.28. The molecule has 1 amide bonds. The molecule has 0 saturated heterocycles. The lowest BCUT2D eigenvalue weighted by Gasteiger charge is -2.34. The number of hydrogen-bond acceptors (Lipinski definition) is 5. The van der Waals surface area contributed by atoms with Crippen LogP contribution in [0.1, 0.15) is 50.5 Å². The van der Waals surface area contributed by atoms with Crippen LogP contribution in [0.3, 0.4) is 0 Å². The lowest BCUT2D eigenvalue weighted by atomic mass is 9.66. The topological polar surface area (TPSA) is 89.5 Å². The number of ketones is 2. The van der Waals surface area contributed by atoms with Crippen LogP contribution in [0, 0.1) is 11.7 Å². The molecule has 1 N–H and O–H groups in total. The molecule has 2 rings (SSSR count). The minimum absolute atomic E-state index is 0.133. The molecule has 0 bridgehead atoms. The van der Waals surface area contributed by atoms with Crippen LogP contribution in [-0.2, 0) is 24.5 Å². The summed E-state index contributed by atoms with van der Waals surface area (Å²) in [5, 5.41) is 2.29. The maximum Gasteiger partial charge on any atom is 0.325 e. The van der Waals surface area contributed by atoms with Gasteiger partial charge in [-0.05, 0) is 58.4 Å². The SMILES string of the molecule is CC(C)(C)OC(=O)CNC(=O)C1C(=O)c2ccc(F)cc2C(C)(C)C1=O. The molecule has 1 aromatic carbocycles. The predicted molar refractivity (Wildman–Crippen MR) is 91.1 cm³/mol. The van der Waals surface area contributed by atoms with Crippen molar-refractivity contribution in [3.05, 3.63) is 35.1 Å². The van der Waals surface area contributed by atoms with Gasteiger partial charge in [0.15, 0.2) is 17.5 Å². The molecule has 1 aliphatic carbocycles. The molecular formula is C19H22FNO5. The first-order valence-corrected chi connectivity index (χ1v) is 8.22. The smallest absolute Gasteiger partial charge is 0.325 e. The summed E-state index contributed by atoms with van der Waals surface area (Å²) in [4.78, 5) is 49.5. The lowest BCUT2D eigenvalue weighted by molar-refractivity contribution is -0.155. The number of hydrogen-bond donors (Lipinski definition) is 1. The molecule has 1 atom stereocenters. The van der Waals surface area contributed by atoms with Crippen molar-refractivity contribution >= 4 is 23.4 Å². The van der Waals surface area contributed by atoms with Crippen molar-refractivity contribution in [2.24, 2.45) is 5.92 Å². The van der Waals surface area contributed by atoms with Gasteiger partial charge in [0.25, 0.3) is 0 Å². The second-order valence-corrected chi connectivity index (χ2v) is 7.78. The number of ether oxygens (including phenoxy) is 1. The average molecular weight is 363 g/mol. The second-order valence-electron chi connectivity index (χ2n) is 7.78. The van der Waals surface area contributed by atoms with E-state index in [0.717, 1.165) is 12.1 Å². The van der Waals surface area contributed by atoms with E-state index in [-0.39, 0.29) is 11.1 Å². The van der Waals surface area contributed by atoms with E-state index in [0.29, 0.717) is 0 Å². The number of rotatable bonds is 3. The number of carbonyl (C=O) groups excluding carboxylic acids is 4. The van der Waals surface area contributed by atoms with E-state index in [1.807, 2.05) is 0 Å². The number of amides is 1. The fourth-order valence-electron chi connectivity index (χ4n) is 2.89. The van der Waals surface area contributed by atoms with Crippen LogP contribution >= 0.6 is 0 Å². The Bertz CT molecular complexity index is 792. The highest BCUT2D eigenvalue weighted by Gasteiger charge is 2.49. The molecule has 6 nitrogen and oxygen atoms in total. The van der Waals surface area contributed by atoms with Crippen molar-refractivity contribution in [3.8, 4) is 0 Å². The van der Waals surface area contributed by atoms with Gasteiger partial charge in [0.1, 0.15) is 18.0 Å². The first-order valence-electron chi connectivity index (χ1n) is 8.22. The molecule has 7 heteroatoms. The van der Waals surface area contributed by atoms with Crippen molar-refractivity contribution in [3.63, 3.8) is 0 Å². The zero-order chi connectivity index (χ0) is 19.9. The van der Waals surface area contributed by atoms with Crippen molar-refractivity contribution in [1.82, 2.24) is 5.32 Å². The van der Waals surface area contributed by atoms with Crippen molar-refractivity contribution in [1.29, 1.82) is 0 Å². The number of Topliss-reactive ketones (excluding diaryl/α,β-unsaturated/α-hetero) is 2. The fourth-order valence-corrected chi connectivity index (χ4v) is 2.89. The molecular weight excluding hydrogens is 341 g/mol. The normalized spacial score (nSPS) is 18.9. The fraction of sp³-hybridized carbons (Fsp3) is 0.474. The summed E-state index contributed by atoms with van der Waals surface area (Å²) in [6.07, 6.45) is 0. The molecule has 0 spiro atoms. The van der Waals surface area contributed by atoms with E-state index in [1.165, 1.54) is 19.9 Å². The van der Waals surface area contributed by atoms with Gasteiger partial charge in [-0.25, -0.2) is 4.39 Å². The van der Waals surface area contributed by atoms with E-state index in [2.05, 4.69) is 5.32 Å². The van der Waals surface area contributed by atoms with Gasteiger partial charge in [-0.3, -0.25) is 19.2 Å². The first kappa shape index (κ1) is 19.8. The molecule has 0 fully saturated rings. The Kier molecular flexibility index (Phi) is 5.03. The summed E-state index contributed by atoms with van der Waals surface area (Å²) >= 11 is 0. The Morgan fingerprint density at radius 1 is 1.23 bits per heavy atom. The molecule has 1 aliphatic rings. The van der Waals surface area contributed by atoms with E-state index < -0.39 is 52.7 Å². The van der Waals surface area contributed by atoms with E-state index in [1.54, 1.807) is 20.8 Å². The summed E-state index contributed by atoms with van der Waals surface area (Å²) in [5.74, 6) is -5.03. The molecule has 140 valence electrons. The van der Waals surface area contributed by atoms with Gasteiger partial charge in [0.05, 0.1) is 5.41 Å². The summed E-state index contributed by atoms with van der Waals surface area (Å²) in [5.41, 5.74) is -1.54. The number of benzene rings is 1. The molecule has 1 unspecified atom stereocenters. The van der Waals surface area contributed by atoms with Crippen LogP contribution in [0.2, 0.25) is 0 Å². The van der Waals surface area contributed by atoms with Crippen molar-refractivity contribution in [2.45, 2.75) is 45.6 Å². The zero-order valence-electron chi connectivity index (χ0n) is 15.4. The van der Waals surface area contributed by atoms with Crippen molar-refractivity contribution in [2.75, 3.05) is 6.54 Å². The minimum Gasteiger partial charge on any atom is -0.459 e. The Labute approximate surface area is 151 Å². The van der Waals surface area contributed by atoms with E-state index >= 15 is 0 Å². The maximum atomic E-state index is 13.5. The molecule has 0 saturated carbocycles. The predicted octanol–water partition coefficient (Wildman–Crippen LogP) is 1.94. The molecule has 0 aromatic heterocycles. The minimum atomic E-state index is -1.58. The van der Waals surface area contributed by atoms with Crippen LogP contribution in [-0.4, -0.2) is 35.6 Å². The van der Waals surface area contributed by atoms with Gasteiger partial charge in [-0.15, -0.1) is 0 Å². The van der Waals surface area contributed by atoms with Crippen LogP contribution in [0.15, 0.2) is 18.2 Å². The number of carbonyl (C=O) groups is 4. The summed E-state index contributed by atoms with van der Waals surface area (Å²) < 4.78 is 18.6. The second kappa shape index (κ2) is 6.63. The van der Waals surface area contributed by atoms with Crippen LogP contribution in [0.5, 0.6) is 0 Å². The standard InChI is InChI=1S/C19H22FNO5/c1-18(2,3)26-13(22)9-21-17(25)14-15(23)11-7-6-10(20)8-12(11)19(4,5)16(14)24/h6-8,14H,9H2,1-5H3,(H,21,25). The zero-order valence-corrected chi connectivity index (χ0v) is 15.4. The lowest BCUT2D eigenvalue weighted by Crippen LogP contribution is -2.51. The van der Waals surface area contributed by atoms with Gasteiger partial charge >= 0.3 is 5.97 Å². The Hall–Kier alpha value is -2.57. The number of fused-ring (bicyclic) bond motifs is 1.